The monoisotopic (exact) mass is 307 g/mol. The van der Waals surface area contributed by atoms with E-state index in [9.17, 15) is 9.90 Å². The molecule has 3 rings (SSSR count). The van der Waals surface area contributed by atoms with Crippen LogP contribution in [-0.2, 0) is 9.47 Å². The fourth-order valence-electron chi connectivity index (χ4n) is 3.08. The number of carbonyl (C=O) groups is 1. The molecule has 2 fully saturated rings. The Hall–Kier alpha value is -1.73. The minimum Gasteiger partial charge on any atom is -0.478 e. The van der Waals surface area contributed by atoms with Crippen molar-refractivity contribution in [1.29, 1.82) is 0 Å². The lowest BCUT2D eigenvalue weighted by atomic mass is 10.1. The van der Waals surface area contributed by atoms with Gasteiger partial charge in [-0.3, -0.25) is 0 Å². The SMILES string of the molecule is C[C@@H]1CN(c2ncc(C(=O)O)c([C@@H]3CCCO3)n2)C[C@H](C)O1. The van der Waals surface area contributed by atoms with Gasteiger partial charge in [0.15, 0.2) is 0 Å². The van der Waals surface area contributed by atoms with Gasteiger partial charge in [0.2, 0.25) is 5.95 Å². The Labute approximate surface area is 129 Å². The first-order chi connectivity index (χ1) is 10.5. The van der Waals surface area contributed by atoms with Crippen LogP contribution in [0.5, 0.6) is 0 Å². The zero-order chi connectivity index (χ0) is 15.7. The van der Waals surface area contributed by atoms with Crippen molar-refractivity contribution in [2.75, 3.05) is 24.6 Å². The van der Waals surface area contributed by atoms with Crippen LogP contribution in [0.15, 0.2) is 6.20 Å². The molecule has 0 spiro atoms. The normalized spacial score (nSPS) is 28.8. The Balaban J connectivity index is 1.92. The molecular formula is C15H21N3O4. The Bertz CT molecular complexity index is 550. The number of hydrogen-bond donors (Lipinski definition) is 1. The fraction of sp³-hybridized carbons (Fsp3) is 0.667. The van der Waals surface area contributed by atoms with Crippen molar-refractivity contribution < 1.29 is 19.4 Å². The highest BCUT2D eigenvalue weighted by Crippen LogP contribution is 2.30. The number of anilines is 1. The van der Waals surface area contributed by atoms with Crippen molar-refractivity contribution in [2.45, 2.75) is 45.0 Å². The predicted octanol–water partition coefficient (Wildman–Crippen LogP) is 1.64. The third-order valence-electron chi connectivity index (χ3n) is 3.97. The summed E-state index contributed by atoms with van der Waals surface area (Å²) in [5.74, 6) is -0.460. The molecule has 2 saturated heterocycles. The summed E-state index contributed by atoms with van der Waals surface area (Å²) in [6.45, 7) is 6.06. The molecule has 0 unspecified atom stereocenters. The summed E-state index contributed by atoms with van der Waals surface area (Å²) in [6.07, 6.45) is 3.06. The lowest BCUT2D eigenvalue weighted by Gasteiger charge is -2.35. The van der Waals surface area contributed by atoms with Crippen molar-refractivity contribution in [3.63, 3.8) is 0 Å². The van der Waals surface area contributed by atoms with E-state index in [1.54, 1.807) is 0 Å². The van der Waals surface area contributed by atoms with Gasteiger partial charge in [0, 0.05) is 25.9 Å². The molecule has 3 heterocycles. The van der Waals surface area contributed by atoms with Crippen LogP contribution >= 0.6 is 0 Å². The maximum atomic E-state index is 11.4. The third kappa shape index (κ3) is 3.05. The van der Waals surface area contributed by atoms with Crippen molar-refractivity contribution in [3.05, 3.63) is 17.5 Å². The van der Waals surface area contributed by atoms with Crippen LogP contribution in [0.2, 0.25) is 0 Å². The lowest BCUT2D eigenvalue weighted by Crippen LogP contribution is -2.46. The summed E-state index contributed by atoms with van der Waals surface area (Å²) in [7, 11) is 0. The zero-order valence-electron chi connectivity index (χ0n) is 12.9. The average Bonchev–Trinajstić information content (AvgIpc) is 2.99. The number of aromatic carboxylic acids is 1. The molecule has 0 aliphatic carbocycles. The van der Waals surface area contributed by atoms with Crippen molar-refractivity contribution in [1.82, 2.24) is 9.97 Å². The summed E-state index contributed by atoms with van der Waals surface area (Å²) in [4.78, 5) is 22.2. The molecule has 0 bridgehead atoms. The summed E-state index contributed by atoms with van der Waals surface area (Å²) in [5, 5.41) is 9.34. The van der Waals surface area contributed by atoms with Gasteiger partial charge in [-0.25, -0.2) is 14.8 Å². The second-order valence-electron chi connectivity index (χ2n) is 5.94. The standard InChI is InChI=1S/C15H21N3O4/c1-9-7-18(8-10(2)22-9)15-16-6-11(14(19)20)13(17-15)12-4-3-5-21-12/h6,9-10,12H,3-5,7-8H2,1-2H3,(H,19,20)/t9-,10+,12-/m0/s1. The van der Waals surface area contributed by atoms with Gasteiger partial charge in [-0.2, -0.15) is 0 Å². The van der Waals surface area contributed by atoms with E-state index in [0.717, 1.165) is 12.8 Å². The van der Waals surface area contributed by atoms with Crippen LogP contribution in [0.4, 0.5) is 5.95 Å². The highest BCUT2D eigenvalue weighted by Gasteiger charge is 2.29. The van der Waals surface area contributed by atoms with E-state index in [4.69, 9.17) is 9.47 Å². The average molecular weight is 307 g/mol. The van der Waals surface area contributed by atoms with Crippen LogP contribution < -0.4 is 4.90 Å². The number of carboxylic acids is 1. The van der Waals surface area contributed by atoms with Gasteiger partial charge in [-0.15, -0.1) is 0 Å². The van der Waals surface area contributed by atoms with Gasteiger partial charge < -0.3 is 19.5 Å². The van der Waals surface area contributed by atoms with E-state index < -0.39 is 5.97 Å². The minimum absolute atomic E-state index is 0.0951. The molecule has 1 N–H and O–H groups in total. The molecular weight excluding hydrogens is 286 g/mol. The van der Waals surface area contributed by atoms with Gasteiger partial charge in [0.25, 0.3) is 0 Å². The van der Waals surface area contributed by atoms with E-state index in [0.29, 0.717) is 31.3 Å². The number of morpholine rings is 1. The van der Waals surface area contributed by atoms with Gasteiger partial charge >= 0.3 is 5.97 Å². The van der Waals surface area contributed by atoms with Crippen LogP contribution in [0.3, 0.4) is 0 Å². The molecule has 0 radical (unpaired) electrons. The molecule has 0 aromatic carbocycles. The molecule has 7 heteroatoms. The molecule has 1 aromatic rings. The Morgan fingerprint density at radius 1 is 1.36 bits per heavy atom. The van der Waals surface area contributed by atoms with Crippen LogP contribution in [0.1, 0.15) is 48.8 Å². The Morgan fingerprint density at radius 2 is 2.09 bits per heavy atom. The van der Waals surface area contributed by atoms with Crippen LogP contribution in [0.25, 0.3) is 0 Å². The quantitative estimate of drug-likeness (QED) is 0.908. The summed E-state index contributed by atoms with van der Waals surface area (Å²) < 4.78 is 11.3. The molecule has 2 aliphatic heterocycles. The molecule has 22 heavy (non-hydrogen) atoms. The number of carboxylic acid groups (broad SMARTS) is 1. The van der Waals surface area contributed by atoms with E-state index in [2.05, 4.69) is 9.97 Å². The smallest absolute Gasteiger partial charge is 0.339 e. The lowest BCUT2D eigenvalue weighted by molar-refractivity contribution is -0.00578. The van der Waals surface area contributed by atoms with Crippen molar-refractivity contribution >= 4 is 11.9 Å². The summed E-state index contributed by atoms with van der Waals surface area (Å²) in [6, 6.07) is 0. The predicted molar refractivity (Wildman–Crippen MR) is 79.1 cm³/mol. The van der Waals surface area contributed by atoms with Crippen molar-refractivity contribution in [2.24, 2.45) is 0 Å². The first-order valence-electron chi connectivity index (χ1n) is 7.67. The van der Waals surface area contributed by atoms with Gasteiger partial charge in [0.05, 0.1) is 17.9 Å². The molecule has 3 atom stereocenters. The molecule has 120 valence electrons. The number of nitrogens with zero attached hydrogens (tertiary/aromatic N) is 3. The maximum Gasteiger partial charge on any atom is 0.339 e. The number of ether oxygens (including phenoxy) is 2. The van der Waals surface area contributed by atoms with Crippen LogP contribution in [0, 0.1) is 0 Å². The largest absolute Gasteiger partial charge is 0.478 e. The van der Waals surface area contributed by atoms with Crippen LogP contribution in [-0.4, -0.2) is 52.9 Å². The highest BCUT2D eigenvalue weighted by molar-refractivity contribution is 5.88. The summed E-state index contributed by atoms with van der Waals surface area (Å²) in [5.41, 5.74) is 0.617. The number of rotatable bonds is 3. The second kappa shape index (κ2) is 6.18. The van der Waals surface area contributed by atoms with Gasteiger partial charge in [-0.05, 0) is 26.7 Å². The topological polar surface area (TPSA) is 84.8 Å². The minimum atomic E-state index is -1.01. The molecule has 7 nitrogen and oxygen atoms in total. The Kier molecular flexibility index (Phi) is 4.26. The molecule has 2 aliphatic rings. The molecule has 0 amide bonds. The summed E-state index contributed by atoms with van der Waals surface area (Å²) >= 11 is 0. The fourth-order valence-corrected chi connectivity index (χ4v) is 3.08. The first kappa shape index (κ1) is 15.2. The van der Waals surface area contributed by atoms with Gasteiger partial charge in [-0.1, -0.05) is 0 Å². The van der Waals surface area contributed by atoms with E-state index in [1.807, 2.05) is 18.7 Å². The second-order valence-corrected chi connectivity index (χ2v) is 5.94. The first-order valence-corrected chi connectivity index (χ1v) is 7.67. The van der Waals surface area contributed by atoms with Gasteiger partial charge in [0.1, 0.15) is 11.7 Å². The maximum absolute atomic E-state index is 11.4. The zero-order valence-corrected chi connectivity index (χ0v) is 12.9. The molecule has 0 saturated carbocycles. The third-order valence-corrected chi connectivity index (χ3v) is 3.97. The van der Waals surface area contributed by atoms with Crippen molar-refractivity contribution in [3.8, 4) is 0 Å². The van der Waals surface area contributed by atoms with E-state index >= 15 is 0 Å². The number of aromatic nitrogens is 2. The number of hydrogen-bond acceptors (Lipinski definition) is 6. The molecule has 1 aromatic heterocycles. The van der Waals surface area contributed by atoms with E-state index in [-0.39, 0.29) is 23.9 Å². The highest BCUT2D eigenvalue weighted by atomic mass is 16.5. The Morgan fingerprint density at radius 3 is 2.68 bits per heavy atom. The van der Waals surface area contributed by atoms with E-state index in [1.165, 1.54) is 6.20 Å².